The highest BCUT2D eigenvalue weighted by atomic mass is 16.6. The van der Waals surface area contributed by atoms with Gasteiger partial charge in [0.1, 0.15) is 6.23 Å². The summed E-state index contributed by atoms with van der Waals surface area (Å²) in [6, 6.07) is 10.4. The topological polar surface area (TPSA) is 38.5 Å². The Morgan fingerprint density at radius 2 is 1.92 bits per heavy atom. The maximum atomic E-state index is 5.51. The Balaban J connectivity index is 1.80. The van der Waals surface area contributed by atoms with Crippen LogP contribution in [0.25, 0.3) is 0 Å². The van der Waals surface area contributed by atoms with Crippen molar-refractivity contribution >= 4 is 0 Å². The molecule has 2 N–H and O–H groups in total. The lowest BCUT2D eigenvalue weighted by Gasteiger charge is -1.96. The van der Waals surface area contributed by atoms with Crippen molar-refractivity contribution in [1.29, 1.82) is 0 Å². The SMILES string of the molecule is N[C@H]1O[C@H]1CCc1ccccc1. The van der Waals surface area contributed by atoms with Gasteiger partial charge in [-0.25, -0.2) is 0 Å². The van der Waals surface area contributed by atoms with E-state index in [1.54, 1.807) is 0 Å². The quantitative estimate of drug-likeness (QED) is 0.682. The third kappa shape index (κ3) is 1.84. The molecule has 2 atom stereocenters. The Morgan fingerprint density at radius 1 is 1.25 bits per heavy atom. The standard InChI is InChI=1S/C10H13NO/c11-10-9(12-10)7-6-8-4-2-1-3-5-8/h1-5,9-10H,6-7,11H2/t9-,10-/m0/s1. The zero-order chi connectivity index (χ0) is 8.39. The average Bonchev–Trinajstić information content (AvgIpc) is 2.81. The van der Waals surface area contributed by atoms with E-state index in [4.69, 9.17) is 10.5 Å². The van der Waals surface area contributed by atoms with Crippen molar-refractivity contribution in [2.45, 2.75) is 25.2 Å². The Bertz CT molecular complexity index is 247. The van der Waals surface area contributed by atoms with Crippen molar-refractivity contribution < 1.29 is 4.74 Å². The molecule has 2 nitrogen and oxygen atoms in total. The molecule has 0 amide bonds. The number of hydrogen-bond donors (Lipinski definition) is 1. The van der Waals surface area contributed by atoms with Crippen LogP contribution in [0.5, 0.6) is 0 Å². The molecular weight excluding hydrogens is 150 g/mol. The summed E-state index contributed by atoms with van der Waals surface area (Å²) < 4.78 is 5.12. The van der Waals surface area contributed by atoms with Crippen molar-refractivity contribution in [1.82, 2.24) is 0 Å². The molecule has 1 aliphatic heterocycles. The lowest BCUT2D eigenvalue weighted by atomic mass is 10.1. The van der Waals surface area contributed by atoms with E-state index < -0.39 is 0 Å². The summed E-state index contributed by atoms with van der Waals surface area (Å²) in [7, 11) is 0. The van der Waals surface area contributed by atoms with Gasteiger partial charge in [-0.05, 0) is 18.4 Å². The van der Waals surface area contributed by atoms with Crippen LogP contribution in [0.3, 0.4) is 0 Å². The molecule has 64 valence electrons. The molecular formula is C10H13NO. The molecule has 1 saturated heterocycles. The predicted octanol–water partition coefficient (Wildman–Crippen LogP) is 1.30. The van der Waals surface area contributed by atoms with E-state index >= 15 is 0 Å². The van der Waals surface area contributed by atoms with Gasteiger partial charge in [0.2, 0.25) is 0 Å². The molecule has 2 rings (SSSR count). The highest BCUT2D eigenvalue weighted by molar-refractivity contribution is 5.14. The normalized spacial score (nSPS) is 27.1. The highest BCUT2D eigenvalue weighted by Crippen LogP contribution is 2.21. The van der Waals surface area contributed by atoms with Crippen molar-refractivity contribution in [3.05, 3.63) is 35.9 Å². The molecule has 0 aliphatic carbocycles. The first-order chi connectivity index (χ1) is 5.86. The monoisotopic (exact) mass is 163 g/mol. The van der Waals surface area contributed by atoms with Gasteiger partial charge in [-0.2, -0.15) is 0 Å². The molecule has 0 saturated carbocycles. The van der Waals surface area contributed by atoms with E-state index in [2.05, 4.69) is 24.3 Å². The van der Waals surface area contributed by atoms with Crippen LogP contribution < -0.4 is 5.73 Å². The van der Waals surface area contributed by atoms with Crippen LogP contribution >= 0.6 is 0 Å². The molecule has 1 aromatic carbocycles. The van der Waals surface area contributed by atoms with E-state index in [1.165, 1.54) is 5.56 Å². The second-order valence-electron chi connectivity index (χ2n) is 3.16. The lowest BCUT2D eigenvalue weighted by molar-refractivity contribution is 0.366. The summed E-state index contributed by atoms with van der Waals surface area (Å²) in [6.45, 7) is 0. The van der Waals surface area contributed by atoms with Gasteiger partial charge in [0, 0.05) is 0 Å². The van der Waals surface area contributed by atoms with Crippen LogP contribution in [0.1, 0.15) is 12.0 Å². The number of hydrogen-bond acceptors (Lipinski definition) is 2. The molecule has 1 aromatic rings. The summed E-state index contributed by atoms with van der Waals surface area (Å²) in [5, 5.41) is 0. The van der Waals surface area contributed by atoms with Crippen molar-refractivity contribution in [2.24, 2.45) is 5.73 Å². The van der Waals surface area contributed by atoms with Crippen LogP contribution in [0, 0.1) is 0 Å². The Labute approximate surface area is 72.3 Å². The lowest BCUT2D eigenvalue weighted by Crippen LogP contribution is -2.05. The second kappa shape index (κ2) is 3.25. The van der Waals surface area contributed by atoms with E-state index in [1.807, 2.05) is 6.07 Å². The van der Waals surface area contributed by atoms with Crippen LogP contribution in [0.15, 0.2) is 30.3 Å². The van der Waals surface area contributed by atoms with E-state index in [-0.39, 0.29) is 6.23 Å². The predicted molar refractivity (Wildman–Crippen MR) is 47.6 cm³/mol. The molecule has 0 spiro atoms. The largest absolute Gasteiger partial charge is 0.353 e. The molecule has 0 bridgehead atoms. The summed E-state index contributed by atoms with van der Waals surface area (Å²) in [5.74, 6) is 0. The van der Waals surface area contributed by atoms with Gasteiger partial charge in [-0.1, -0.05) is 30.3 Å². The van der Waals surface area contributed by atoms with E-state index in [9.17, 15) is 0 Å². The highest BCUT2D eigenvalue weighted by Gasteiger charge is 2.33. The first-order valence-corrected chi connectivity index (χ1v) is 4.31. The van der Waals surface area contributed by atoms with Crippen LogP contribution in [-0.2, 0) is 11.2 Å². The number of benzene rings is 1. The number of aryl methyl sites for hydroxylation is 1. The smallest absolute Gasteiger partial charge is 0.132 e. The van der Waals surface area contributed by atoms with E-state index in [0.29, 0.717) is 6.10 Å². The van der Waals surface area contributed by atoms with Crippen LogP contribution in [0.2, 0.25) is 0 Å². The van der Waals surface area contributed by atoms with Crippen molar-refractivity contribution in [3.63, 3.8) is 0 Å². The average molecular weight is 163 g/mol. The fourth-order valence-electron chi connectivity index (χ4n) is 1.34. The minimum Gasteiger partial charge on any atom is -0.353 e. The molecule has 12 heavy (non-hydrogen) atoms. The Kier molecular flexibility index (Phi) is 2.11. The van der Waals surface area contributed by atoms with Crippen molar-refractivity contribution in [2.75, 3.05) is 0 Å². The van der Waals surface area contributed by atoms with E-state index in [0.717, 1.165) is 12.8 Å². The molecule has 0 aromatic heterocycles. The van der Waals surface area contributed by atoms with Gasteiger partial charge in [0.15, 0.2) is 0 Å². The molecule has 2 heteroatoms. The zero-order valence-electron chi connectivity index (χ0n) is 6.94. The Morgan fingerprint density at radius 3 is 2.50 bits per heavy atom. The Hall–Kier alpha value is -0.860. The fraction of sp³-hybridized carbons (Fsp3) is 0.400. The zero-order valence-corrected chi connectivity index (χ0v) is 6.94. The molecule has 0 radical (unpaired) electrons. The first-order valence-electron chi connectivity index (χ1n) is 4.31. The van der Waals surface area contributed by atoms with Crippen LogP contribution in [-0.4, -0.2) is 12.3 Å². The minimum atomic E-state index is 0.00807. The molecule has 1 aliphatic rings. The number of ether oxygens (including phenoxy) is 1. The van der Waals surface area contributed by atoms with Gasteiger partial charge in [-0.15, -0.1) is 0 Å². The third-order valence-electron chi connectivity index (χ3n) is 2.18. The number of nitrogens with two attached hydrogens (primary N) is 1. The number of epoxide rings is 1. The second-order valence-corrected chi connectivity index (χ2v) is 3.16. The molecule has 0 unspecified atom stereocenters. The maximum Gasteiger partial charge on any atom is 0.132 e. The van der Waals surface area contributed by atoms with Gasteiger partial charge >= 0.3 is 0 Å². The summed E-state index contributed by atoms with van der Waals surface area (Å²) >= 11 is 0. The van der Waals surface area contributed by atoms with Gasteiger partial charge in [0.25, 0.3) is 0 Å². The van der Waals surface area contributed by atoms with Gasteiger partial charge < -0.3 is 10.5 Å². The summed E-state index contributed by atoms with van der Waals surface area (Å²) in [5.41, 5.74) is 6.87. The van der Waals surface area contributed by atoms with Gasteiger partial charge in [0.05, 0.1) is 6.10 Å². The maximum absolute atomic E-state index is 5.51. The first kappa shape index (κ1) is 7.77. The minimum absolute atomic E-state index is 0.00807. The number of rotatable bonds is 3. The van der Waals surface area contributed by atoms with Crippen LogP contribution in [0.4, 0.5) is 0 Å². The summed E-state index contributed by atoms with van der Waals surface area (Å²) in [4.78, 5) is 0. The van der Waals surface area contributed by atoms with Crippen molar-refractivity contribution in [3.8, 4) is 0 Å². The fourth-order valence-corrected chi connectivity index (χ4v) is 1.34. The summed E-state index contributed by atoms with van der Waals surface area (Å²) in [6.07, 6.45) is 2.43. The third-order valence-corrected chi connectivity index (χ3v) is 2.18. The molecule has 1 heterocycles. The molecule has 1 fully saturated rings. The van der Waals surface area contributed by atoms with Gasteiger partial charge in [-0.3, -0.25) is 0 Å².